The van der Waals surface area contributed by atoms with Crippen molar-refractivity contribution in [2.45, 2.75) is 25.8 Å². The Morgan fingerprint density at radius 1 is 1.18 bits per heavy atom. The monoisotopic (exact) mass is 246 g/mol. The van der Waals surface area contributed by atoms with Crippen molar-refractivity contribution >= 4 is 11.9 Å². The van der Waals surface area contributed by atoms with Gasteiger partial charge in [0.15, 0.2) is 0 Å². The summed E-state index contributed by atoms with van der Waals surface area (Å²) in [5.41, 5.74) is 5.51. The predicted molar refractivity (Wildman–Crippen MR) is 63.4 cm³/mol. The molecule has 0 aliphatic carbocycles. The summed E-state index contributed by atoms with van der Waals surface area (Å²) in [6.45, 7) is 2.65. The predicted octanol–water partition coefficient (Wildman–Crippen LogP) is -0.238. The maximum absolute atomic E-state index is 11.3. The molecule has 0 aliphatic rings. The van der Waals surface area contributed by atoms with Gasteiger partial charge in [-0.05, 0) is 19.4 Å². The maximum atomic E-state index is 11.3. The first kappa shape index (κ1) is 15.9. The number of carbonyl (C=O) groups excluding carboxylic acids is 2. The Bertz CT molecular complexity index is 228. The highest BCUT2D eigenvalue weighted by Crippen LogP contribution is 2.08. The number of hydrogen-bond acceptors (Lipinski definition) is 6. The van der Waals surface area contributed by atoms with Gasteiger partial charge in [-0.3, -0.25) is 14.5 Å². The summed E-state index contributed by atoms with van der Waals surface area (Å²) in [4.78, 5) is 24.3. The van der Waals surface area contributed by atoms with Crippen LogP contribution in [0, 0.1) is 0 Å². The lowest BCUT2D eigenvalue weighted by atomic mass is 10.1. The Hall–Kier alpha value is -1.14. The highest BCUT2D eigenvalue weighted by Gasteiger charge is 2.22. The van der Waals surface area contributed by atoms with E-state index in [1.807, 2.05) is 6.92 Å². The van der Waals surface area contributed by atoms with Gasteiger partial charge in [-0.15, -0.1) is 0 Å². The minimum absolute atomic E-state index is 0.0735. The van der Waals surface area contributed by atoms with Crippen molar-refractivity contribution in [2.75, 3.05) is 33.9 Å². The number of ether oxygens (including phenoxy) is 2. The van der Waals surface area contributed by atoms with Gasteiger partial charge in [-0.25, -0.2) is 0 Å². The molecule has 0 aromatic heterocycles. The van der Waals surface area contributed by atoms with Crippen LogP contribution in [0.1, 0.15) is 19.8 Å². The molecule has 0 amide bonds. The highest BCUT2D eigenvalue weighted by atomic mass is 16.5. The summed E-state index contributed by atoms with van der Waals surface area (Å²) in [7, 11) is 2.64. The second kappa shape index (κ2) is 8.95. The van der Waals surface area contributed by atoms with E-state index in [1.165, 1.54) is 14.2 Å². The van der Waals surface area contributed by atoms with Crippen molar-refractivity contribution in [3.63, 3.8) is 0 Å². The van der Waals surface area contributed by atoms with Gasteiger partial charge in [0.1, 0.15) is 0 Å². The van der Waals surface area contributed by atoms with Crippen LogP contribution in [0.25, 0.3) is 0 Å². The number of nitrogens with zero attached hydrogens (tertiary/aromatic N) is 1. The molecule has 0 radical (unpaired) electrons. The molecule has 0 aromatic rings. The molecule has 0 fully saturated rings. The van der Waals surface area contributed by atoms with Gasteiger partial charge in [0.05, 0.1) is 27.3 Å². The quantitative estimate of drug-likeness (QED) is 0.595. The summed E-state index contributed by atoms with van der Waals surface area (Å²) in [5, 5.41) is 0. The lowest BCUT2D eigenvalue weighted by Crippen LogP contribution is -2.43. The van der Waals surface area contributed by atoms with Gasteiger partial charge in [0.2, 0.25) is 0 Å². The minimum atomic E-state index is -0.371. The van der Waals surface area contributed by atoms with Crippen LogP contribution in [0.4, 0.5) is 0 Å². The van der Waals surface area contributed by atoms with Crippen molar-refractivity contribution in [3.05, 3.63) is 0 Å². The number of esters is 2. The molecule has 0 rings (SSSR count). The van der Waals surface area contributed by atoms with Crippen LogP contribution in [0.15, 0.2) is 0 Å². The zero-order chi connectivity index (χ0) is 13.3. The molecule has 2 N–H and O–H groups in total. The fourth-order valence-corrected chi connectivity index (χ4v) is 1.61. The Morgan fingerprint density at radius 3 is 1.94 bits per heavy atom. The van der Waals surface area contributed by atoms with Crippen molar-refractivity contribution in [2.24, 2.45) is 5.73 Å². The molecule has 0 saturated heterocycles. The van der Waals surface area contributed by atoms with Crippen molar-refractivity contribution in [3.8, 4) is 0 Å². The molecule has 0 spiro atoms. The first-order valence-corrected chi connectivity index (χ1v) is 5.66. The van der Waals surface area contributed by atoms with Crippen LogP contribution in [-0.4, -0.2) is 56.7 Å². The second-order valence-electron chi connectivity index (χ2n) is 3.70. The molecule has 1 unspecified atom stereocenters. The lowest BCUT2D eigenvalue weighted by Gasteiger charge is -2.28. The van der Waals surface area contributed by atoms with E-state index < -0.39 is 0 Å². The number of rotatable bonds is 8. The molecule has 0 aliphatic heterocycles. The fourth-order valence-electron chi connectivity index (χ4n) is 1.61. The molecule has 17 heavy (non-hydrogen) atoms. The molecule has 0 aromatic carbocycles. The van der Waals surface area contributed by atoms with Crippen LogP contribution in [0.3, 0.4) is 0 Å². The molecule has 0 heterocycles. The normalized spacial score (nSPS) is 12.3. The number of methoxy groups -OCH3 is 2. The Labute approximate surface area is 102 Å². The van der Waals surface area contributed by atoms with Gasteiger partial charge < -0.3 is 15.2 Å². The molecule has 0 saturated carbocycles. The zero-order valence-corrected chi connectivity index (χ0v) is 10.8. The van der Waals surface area contributed by atoms with Crippen molar-refractivity contribution in [1.82, 2.24) is 4.90 Å². The Balaban J connectivity index is 4.56. The molecule has 0 bridgehead atoms. The average molecular weight is 246 g/mol. The van der Waals surface area contributed by atoms with Crippen LogP contribution < -0.4 is 5.73 Å². The smallest absolute Gasteiger partial charge is 0.319 e. The van der Waals surface area contributed by atoms with Gasteiger partial charge in [-0.1, -0.05) is 6.92 Å². The summed E-state index contributed by atoms with van der Waals surface area (Å²) in [5.74, 6) is -0.742. The standard InChI is InChI=1S/C11H22N2O4/c1-4-9(5-6-12)13(7-10(14)16-2)8-11(15)17-3/h9H,4-8,12H2,1-3H3. The summed E-state index contributed by atoms with van der Waals surface area (Å²) < 4.78 is 9.21. The van der Waals surface area contributed by atoms with Crippen molar-refractivity contribution in [1.29, 1.82) is 0 Å². The summed E-state index contributed by atoms with van der Waals surface area (Å²) in [6, 6.07) is 0.0817. The van der Waals surface area contributed by atoms with Gasteiger partial charge >= 0.3 is 11.9 Å². The van der Waals surface area contributed by atoms with Gasteiger partial charge in [0.25, 0.3) is 0 Å². The SMILES string of the molecule is CCC(CCN)N(CC(=O)OC)CC(=O)OC. The van der Waals surface area contributed by atoms with Crippen LogP contribution in [-0.2, 0) is 19.1 Å². The van der Waals surface area contributed by atoms with Crippen LogP contribution >= 0.6 is 0 Å². The van der Waals surface area contributed by atoms with E-state index in [4.69, 9.17) is 5.73 Å². The highest BCUT2D eigenvalue weighted by molar-refractivity contribution is 5.74. The van der Waals surface area contributed by atoms with E-state index in [0.717, 1.165) is 12.8 Å². The number of nitrogens with two attached hydrogens (primary N) is 1. The second-order valence-corrected chi connectivity index (χ2v) is 3.70. The number of hydrogen-bond donors (Lipinski definition) is 1. The Morgan fingerprint density at radius 2 is 1.65 bits per heavy atom. The molecular formula is C11H22N2O4. The molecule has 6 nitrogen and oxygen atoms in total. The Kier molecular flexibility index (Phi) is 8.35. The van der Waals surface area contributed by atoms with Gasteiger partial charge in [0, 0.05) is 6.04 Å². The molecule has 6 heteroatoms. The zero-order valence-electron chi connectivity index (χ0n) is 10.8. The first-order valence-electron chi connectivity index (χ1n) is 5.66. The van der Waals surface area contributed by atoms with E-state index in [9.17, 15) is 9.59 Å². The van der Waals surface area contributed by atoms with E-state index >= 15 is 0 Å². The third kappa shape index (κ3) is 6.23. The van der Waals surface area contributed by atoms with Crippen molar-refractivity contribution < 1.29 is 19.1 Å². The van der Waals surface area contributed by atoms with E-state index in [1.54, 1.807) is 4.90 Å². The lowest BCUT2D eigenvalue weighted by molar-refractivity contribution is -0.146. The first-order chi connectivity index (χ1) is 8.08. The molecule has 1 atom stereocenters. The van der Waals surface area contributed by atoms with E-state index in [0.29, 0.717) is 6.54 Å². The van der Waals surface area contributed by atoms with Crippen LogP contribution in [0.2, 0.25) is 0 Å². The summed E-state index contributed by atoms with van der Waals surface area (Å²) >= 11 is 0. The molecular weight excluding hydrogens is 224 g/mol. The molecule has 100 valence electrons. The van der Waals surface area contributed by atoms with Gasteiger partial charge in [-0.2, -0.15) is 0 Å². The van der Waals surface area contributed by atoms with E-state index in [-0.39, 0.29) is 31.1 Å². The largest absolute Gasteiger partial charge is 0.468 e. The van der Waals surface area contributed by atoms with Crippen LogP contribution in [0.5, 0.6) is 0 Å². The summed E-state index contributed by atoms with van der Waals surface area (Å²) in [6.07, 6.45) is 1.54. The average Bonchev–Trinajstić information content (AvgIpc) is 2.34. The third-order valence-electron chi connectivity index (χ3n) is 2.61. The third-order valence-corrected chi connectivity index (χ3v) is 2.61. The topological polar surface area (TPSA) is 81.9 Å². The number of carbonyl (C=O) groups is 2. The fraction of sp³-hybridized carbons (Fsp3) is 0.818. The maximum Gasteiger partial charge on any atom is 0.319 e. The minimum Gasteiger partial charge on any atom is -0.468 e. The van der Waals surface area contributed by atoms with E-state index in [2.05, 4.69) is 9.47 Å².